The lowest BCUT2D eigenvalue weighted by molar-refractivity contribution is 0.166. The van der Waals surface area contributed by atoms with Crippen LogP contribution in [0.15, 0.2) is 81.9 Å². The van der Waals surface area contributed by atoms with E-state index < -0.39 is 113 Å². The van der Waals surface area contributed by atoms with Crippen LogP contribution in [-0.2, 0) is 0 Å². The minimum atomic E-state index is -3.76. The Labute approximate surface area is 182 Å². The van der Waals surface area contributed by atoms with Crippen LogP contribution in [-0.4, -0.2) is 31.9 Å². The highest BCUT2D eigenvalue weighted by atomic mass is 19.2. The van der Waals surface area contributed by atoms with Crippen LogP contribution in [0.4, 0.5) is 61.5 Å². The Kier molecular flexibility index (Phi) is 8.30. The molecule has 0 radical (unpaired) electrons. The average molecular weight is 514 g/mol. The van der Waals surface area contributed by atoms with Crippen LogP contribution < -0.4 is 0 Å². The van der Waals surface area contributed by atoms with E-state index in [-0.39, 0.29) is 0 Å². The van der Waals surface area contributed by atoms with Crippen LogP contribution in [0.3, 0.4) is 0 Å². The average Bonchev–Trinajstić information content (AvgIpc) is 2.79. The Morgan fingerprint density at radius 1 is 0.765 bits per heavy atom. The Bertz CT molecular complexity index is 1080. The second kappa shape index (κ2) is 10.3. The van der Waals surface area contributed by atoms with Gasteiger partial charge < -0.3 is 0 Å². The molecule has 2 aliphatic rings. The van der Waals surface area contributed by atoms with Crippen molar-refractivity contribution >= 4 is 6.71 Å². The molecule has 0 aromatic heterocycles. The van der Waals surface area contributed by atoms with E-state index in [1.807, 2.05) is 0 Å². The summed E-state index contributed by atoms with van der Waals surface area (Å²) >= 11 is 0. The molecule has 0 saturated carbocycles. The smallest absolute Gasteiger partial charge is 0.233 e. The molecule has 186 valence electrons. The van der Waals surface area contributed by atoms with Gasteiger partial charge in [0.25, 0.3) is 0 Å². The van der Waals surface area contributed by atoms with E-state index in [1.165, 1.54) is 0 Å². The van der Waals surface area contributed by atoms with Crippen molar-refractivity contribution in [3.05, 3.63) is 81.9 Å². The number of rotatable bonds is 6. The topological polar surface area (TPSA) is 0 Å². The van der Waals surface area contributed by atoms with Gasteiger partial charge in [-0.1, -0.05) is 6.58 Å². The number of allylic oxidation sites excluding steroid dienone is 13. The highest BCUT2D eigenvalue weighted by molar-refractivity contribution is 6.77. The van der Waals surface area contributed by atoms with Crippen molar-refractivity contribution in [3.8, 4) is 0 Å². The van der Waals surface area contributed by atoms with E-state index in [2.05, 4.69) is 6.58 Å². The number of hydrogen-bond acceptors (Lipinski definition) is 0. The number of hydrogen-bond donors (Lipinski definition) is 0. The lowest BCUT2D eigenvalue weighted by Crippen LogP contribution is -2.40. The Balaban J connectivity index is 2.99. The molecule has 0 spiro atoms. The molecule has 4 atom stereocenters. The van der Waals surface area contributed by atoms with Crippen molar-refractivity contribution in [2.45, 2.75) is 24.3 Å². The van der Waals surface area contributed by atoms with Crippen LogP contribution in [0.2, 0.25) is 5.82 Å². The van der Waals surface area contributed by atoms with Crippen LogP contribution >= 0.6 is 0 Å². The summed E-state index contributed by atoms with van der Waals surface area (Å²) in [7, 11) is 0. The van der Waals surface area contributed by atoms with Gasteiger partial charge in [0.15, 0.2) is 59.0 Å². The third-order valence-corrected chi connectivity index (χ3v) is 4.90. The van der Waals surface area contributed by atoms with Gasteiger partial charge in [-0.05, 0) is 17.0 Å². The van der Waals surface area contributed by atoms with Gasteiger partial charge in [-0.2, -0.15) is 0 Å². The predicted octanol–water partition coefficient (Wildman–Crippen LogP) is 8.18. The molecular formula is C19H9BF14. The summed E-state index contributed by atoms with van der Waals surface area (Å²) in [6, 6.07) is 0. The van der Waals surface area contributed by atoms with Crippen molar-refractivity contribution in [2.24, 2.45) is 0 Å². The zero-order valence-electron chi connectivity index (χ0n) is 16.2. The van der Waals surface area contributed by atoms with E-state index in [1.54, 1.807) is 0 Å². The Morgan fingerprint density at radius 3 is 1.79 bits per heavy atom. The summed E-state index contributed by atoms with van der Waals surface area (Å²) in [5, 5.41) is 0. The predicted molar refractivity (Wildman–Crippen MR) is 93.6 cm³/mol. The summed E-state index contributed by atoms with van der Waals surface area (Å²) < 4.78 is 194. The number of halogens is 14. The van der Waals surface area contributed by atoms with Crippen molar-refractivity contribution in [1.29, 1.82) is 0 Å². The van der Waals surface area contributed by atoms with Gasteiger partial charge in [-0.25, -0.2) is 61.5 Å². The summed E-state index contributed by atoms with van der Waals surface area (Å²) in [4.78, 5) is 0. The van der Waals surface area contributed by atoms with E-state index in [4.69, 9.17) is 0 Å². The highest BCUT2D eigenvalue weighted by Crippen LogP contribution is 2.49. The molecule has 34 heavy (non-hydrogen) atoms. The molecule has 4 unspecified atom stereocenters. The molecule has 0 amide bonds. The molecule has 0 aromatic carbocycles. The first-order valence-electron chi connectivity index (χ1n) is 8.83. The maximum Gasteiger partial charge on any atom is 0.233 e. The zero-order chi connectivity index (χ0) is 26.2. The van der Waals surface area contributed by atoms with Crippen molar-refractivity contribution < 1.29 is 61.5 Å². The summed E-state index contributed by atoms with van der Waals surface area (Å²) in [6.07, 6.45) is -11.1. The Hall–Kier alpha value is -2.74. The largest absolute Gasteiger partial charge is 0.247 e. The zero-order valence-corrected chi connectivity index (χ0v) is 16.2. The number of alkyl halides is 4. The van der Waals surface area contributed by atoms with Gasteiger partial charge in [0.05, 0.1) is 0 Å². The van der Waals surface area contributed by atoms with Crippen LogP contribution in [0.5, 0.6) is 0 Å². The SMILES string of the molecule is C=C(F)/C(F)=C(F)\C(F)=C(/CF)B(C1=C(F)C(F)C(F)C(F)=C1F)C1C(F)=C(F)C(F)=CC1F. The normalized spacial score (nSPS) is 27.5. The van der Waals surface area contributed by atoms with Crippen molar-refractivity contribution in [3.63, 3.8) is 0 Å². The fraction of sp³-hybridized carbons (Fsp3) is 0.263. The summed E-state index contributed by atoms with van der Waals surface area (Å²) in [5.41, 5.74) is -4.54. The molecule has 0 bridgehead atoms. The van der Waals surface area contributed by atoms with E-state index >= 15 is 0 Å². The van der Waals surface area contributed by atoms with Crippen LogP contribution in [0.25, 0.3) is 0 Å². The van der Waals surface area contributed by atoms with Gasteiger partial charge in [0.2, 0.25) is 6.71 Å². The van der Waals surface area contributed by atoms with Gasteiger partial charge in [-0.3, -0.25) is 0 Å². The molecule has 0 aromatic rings. The molecule has 0 nitrogen and oxygen atoms in total. The molecular weight excluding hydrogens is 505 g/mol. The monoisotopic (exact) mass is 514 g/mol. The van der Waals surface area contributed by atoms with Crippen molar-refractivity contribution in [2.75, 3.05) is 6.67 Å². The molecule has 0 aliphatic heterocycles. The molecule has 0 fully saturated rings. The summed E-state index contributed by atoms with van der Waals surface area (Å²) in [5.74, 6) is -29.9. The third-order valence-electron chi connectivity index (χ3n) is 4.90. The van der Waals surface area contributed by atoms with E-state index in [9.17, 15) is 61.5 Å². The van der Waals surface area contributed by atoms with E-state index in [0.717, 1.165) is 0 Å². The highest BCUT2D eigenvalue weighted by Gasteiger charge is 2.52. The second-order valence-electron chi connectivity index (χ2n) is 6.86. The molecule has 2 aliphatic carbocycles. The van der Waals surface area contributed by atoms with Gasteiger partial charge in [0, 0.05) is 5.82 Å². The maximum atomic E-state index is 14.6. The first kappa shape index (κ1) is 27.5. The minimum absolute atomic E-state index is 0.399. The first-order chi connectivity index (χ1) is 15.7. The molecule has 2 rings (SSSR count). The fourth-order valence-corrected chi connectivity index (χ4v) is 3.30. The third kappa shape index (κ3) is 4.60. The van der Waals surface area contributed by atoms with Crippen LogP contribution in [0.1, 0.15) is 0 Å². The standard InChI is InChI=1S/C19H9BF14/c1-4(22)10(25)16(31)11(26)5(3-21)20(8-6(23)2-7(24)12(27)13(8)28)9-14(29)17(32)19(34)18(33)15(9)30/h2,6,8,17,19H,1,3H2/b11-5-,16-10-. The van der Waals surface area contributed by atoms with Crippen LogP contribution in [0, 0.1) is 0 Å². The van der Waals surface area contributed by atoms with Crippen molar-refractivity contribution in [1.82, 2.24) is 0 Å². The molecule has 0 N–H and O–H groups in total. The molecule has 0 saturated heterocycles. The second-order valence-corrected chi connectivity index (χ2v) is 6.86. The van der Waals surface area contributed by atoms with Gasteiger partial charge in [-0.15, -0.1) is 0 Å². The Morgan fingerprint density at radius 2 is 1.29 bits per heavy atom. The molecule has 0 heterocycles. The van der Waals surface area contributed by atoms with E-state index in [0.29, 0.717) is 0 Å². The fourth-order valence-electron chi connectivity index (χ4n) is 3.30. The first-order valence-corrected chi connectivity index (χ1v) is 8.83. The van der Waals surface area contributed by atoms with Gasteiger partial charge >= 0.3 is 0 Å². The quantitative estimate of drug-likeness (QED) is 0.191. The molecule has 15 heteroatoms. The summed E-state index contributed by atoms with van der Waals surface area (Å²) in [6.45, 7) is -3.75. The maximum absolute atomic E-state index is 14.6. The minimum Gasteiger partial charge on any atom is -0.247 e. The lowest BCUT2D eigenvalue weighted by atomic mass is 9.30. The van der Waals surface area contributed by atoms with Gasteiger partial charge in [0.1, 0.15) is 24.5 Å². The lowest BCUT2D eigenvalue weighted by Gasteiger charge is -2.32.